The van der Waals surface area contributed by atoms with Crippen molar-refractivity contribution < 1.29 is 13.2 Å². The highest BCUT2D eigenvalue weighted by molar-refractivity contribution is 7.89. The molecule has 0 aliphatic heterocycles. The van der Waals surface area contributed by atoms with Gasteiger partial charge in [0.25, 0.3) is 0 Å². The van der Waals surface area contributed by atoms with Gasteiger partial charge >= 0.3 is 0 Å². The topological polar surface area (TPSA) is 94.1 Å². The van der Waals surface area contributed by atoms with Crippen LogP contribution in [0.4, 0.5) is 0 Å². The average Bonchev–Trinajstić information content (AvgIpc) is 3.32. The summed E-state index contributed by atoms with van der Waals surface area (Å²) in [5, 5.41) is 0. The molecule has 26 heavy (non-hydrogen) atoms. The van der Waals surface area contributed by atoms with Crippen molar-refractivity contribution in [1.29, 1.82) is 0 Å². The van der Waals surface area contributed by atoms with Gasteiger partial charge in [-0.2, -0.15) is 8.75 Å². The second kappa shape index (κ2) is 7.26. The van der Waals surface area contributed by atoms with Crippen LogP contribution in [-0.2, 0) is 16.6 Å². The maximum atomic E-state index is 12.7. The van der Waals surface area contributed by atoms with E-state index in [4.69, 9.17) is 4.74 Å². The smallest absolute Gasteiger partial charge is 0.243 e. The molecule has 1 fully saturated rings. The lowest BCUT2D eigenvalue weighted by Gasteiger charge is -2.15. The van der Waals surface area contributed by atoms with Crippen molar-refractivity contribution in [1.82, 2.24) is 18.5 Å². The molecule has 1 aromatic carbocycles. The minimum absolute atomic E-state index is 0.103. The second-order valence-corrected chi connectivity index (χ2v) is 8.47. The number of pyridine rings is 1. The Morgan fingerprint density at radius 1 is 1.15 bits per heavy atom. The zero-order chi connectivity index (χ0) is 18.0. The van der Waals surface area contributed by atoms with Gasteiger partial charge in [-0.25, -0.2) is 18.1 Å². The van der Waals surface area contributed by atoms with Crippen LogP contribution in [0, 0.1) is 0 Å². The lowest BCUT2D eigenvalue weighted by Crippen LogP contribution is -2.24. The molecule has 0 saturated heterocycles. The highest BCUT2D eigenvalue weighted by atomic mass is 32.2. The quantitative estimate of drug-likeness (QED) is 0.695. The third kappa shape index (κ3) is 3.55. The maximum Gasteiger partial charge on any atom is 0.243 e. The standard InChI is InChI=1S/C17H18N4O3S2/c22-26(23,15-9-3-8-14-16(15)21-25-20-14)19-11-12-5-4-10-18-17(12)24-13-6-1-2-7-13/h3-5,8-10,13,19H,1-2,6-7,11H2. The second-order valence-electron chi connectivity index (χ2n) is 6.20. The van der Waals surface area contributed by atoms with Gasteiger partial charge in [-0.1, -0.05) is 12.1 Å². The van der Waals surface area contributed by atoms with E-state index in [0.717, 1.165) is 37.4 Å². The van der Waals surface area contributed by atoms with E-state index in [1.54, 1.807) is 24.4 Å². The Labute approximate surface area is 155 Å². The third-order valence-electron chi connectivity index (χ3n) is 4.42. The van der Waals surface area contributed by atoms with Crippen LogP contribution < -0.4 is 9.46 Å². The van der Waals surface area contributed by atoms with Crippen LogP contribution in [-0.4, -0.2) is 28.3 Å². The van der Waals surface area contributed by atoms with Crippen LogP contribution >= 0.6 is 11.7 Å². The van der Waals surface area contributed by atoms with Crippen LogP contribution in [0.1, 0.15) is 31.2 Å². The summed E-state index contributed by atoms with van der Waals surface area (Å²) in [7, 11) is -3.73. The number of sulfonamides is 1. The normalized spacial score (nSPS) is 15.5. The first-order valence-corrected chi connectivity index (χ1v) is 10.7. The number of ether oxygens (including phenoxy) is 1. The molecule has 2 heterocycles. The fourth-order valence-electron chi connectivity index (χ4n) is 3.08. The van der Waals surface area contributed by atoms with Crippen molar-refractivity contribution in [3.8, 4) is 5.88 Å². The molecule has 0 bridgehead atoms. The van der Waals surface area contributed by atoms with Crippen molar-refractivity contribution in [3.05, 3.63) is 42.1 Å². The highest BCUT2D eigenvalue weighted by Gasteiger charge is 2.22. The number of nitrogens with zero attached hydrogens (tertiary/aromatic N) is 3. The van der Waals surface area contributed by atoms with Crippen molar-refractivity contribution in [2.75, 3.05) is 0 Å². The zero-order valence-electron chi connectivity index (χ0n) is 14.0. The molecule has 0 radical (unpaired) electrons. The monoisotopic (exact) mass is 390 g/mol. The van der Waals surface area contributed by atoms with Gasteiger partial charge in [0.15, 0.2) is 0 Å². The van der Waals surface area contributed by atoms with Crippen molar-refractivity contribution in [2.24, 2.45) is 0 Å². The molecule has 2 aromatic heterocycles. The number of aromatic nitrogens is 3. The number of hydrogen-bond acceptors (Lipinski definition) is 7. The molecule has 9 heteroatoms. The van der Waals surface area contributed by atoms with Gasteiger partial charge < -0.3 is 4.74 Å². The number of hydrogen-bond donors (Lipinski definition) is 1. The van der Waals surface area contributed by atoms with Crippen LogP contribution in [0.25, 0.3) is 11.0 Å². The molecule has 7 nitrogen and oxygen atoms in total. The van der Waals surface area contributed by atoms with E-state index in [1.165, 1.54) is 6.07 Å². The average molecular weight is 390 g/mol. The lowest BCUT2D eigenvalue weighted by atomic mass is 10.2. The molecule has 136 valence electrons. The summed E-state index contributed by atoms with van der Waals surface area (Å²) < 4.78 is 42.3. The summed E-state index contributed by atoms with van der Waals surface area (Å²) in [5.41, 5.74) is 1.68. The summed E-state index contributed by atoms with van der Waals surface area (Å²) in [6.07, 6.45) is 6.16. The molecule has 1 aliphatic rings. The fraction of sp³-hybridized carbons (Fsp3) is 0.353. The molecular formula is C17H18N4O3S2. The van der Waals surface area contributed by atoms with Crippen LogP contribution in [0.5, 0.6) is 5.88 Å². The first-order valence-electron chi connectivity index (χ1n) is 8.45. The Kier molecular flexibility index (Phi) is 4.84. The van der Waals surface area contributed by atoms with Gasteiger partial charge in [0.05, 0.1) is 11.7 Å². The van der Waals surface area contributed by atoms with E-state index in [-0.39, 0.29) is 17.5 Å². The van der Waals surface area contributed by atoms with E-state index in [9.17, 15) is 8.42 Å². The Balaban J connectivity index is 1.54. The van der Waals surface area contributed by atoms with Gasteiger partial charge in [0.1, 0.15) is 22.0 Å². The fourth-order valence-corrected chi connectivity index (χ4v) is 4.85. The molecule has 1 aliphatic carbocycles. The largest absolute Gasteiger partial charge is 0.474 e. The summed E-state index contributed by atoms with van der Waals surface area (Å²) in [6, 6.07) is 8.54. The van der Waals surface area contributed by atoms with Gasteiger partial charge in [0, 0.05) is 18.3 Å². The Hall–Kier alpha value is -2.10. The minimum Gasteiger partial charge on any atom is -0.474 e. The Morgan fingerprint density at radius 3 is 2.85 bits per heavy atom. The first kappa shape index (κ1) is 17.3. The van der Waals surface area contributed by atoms with Crippen LogP contribution in [0.3, 0.4) is 0 Å². The predicted molar refractivity (Wildman–Crippen MR) is 98.6 cm³/mol. The molecule has 1 saturated carbocycles. The summed E-state index contributed by atoms with van der Waals surface area (Å²) >= 11 is 0.996. The molecule has 0 amide bonds. The van der Waals surface area contributed by atoms with Crippen LogP contribution in [0.2, 0.25) is 0 Å². The lowest BCUT2D eigenvalue weighted by molar-refractivity contribution is 0.199. The van der Waals surface area contributed by atoms with E-state index in [0.29, 0.717) is 22.5 Å². The first-order chi connectivity index (χ1) is 12.6. The SMILES string of the molecule is O=S(=O)(NCc1cccnc1OC1CCCC1)c1cccc2nsnc12. The van der Waals surface area contributed by atoms with Crippen LogP contribution in [0.15, 0.2) is 41.4 Å². The van der Waals surface area contributed by atoms with Crippen molar-refractivity contribution in [3.63, 3.8) is 0 Å². The molecule has 4 rings (SSSR count). The highest BCUT2D eigenvalue weighted by Crippen LogP contribution is 2.26. The van der Waals surface area contributed by atoms with Crippen molar-refractivity contribution >= 4 is 32.8 Å². The van der Waals surface area contributed by atoms with Gasteiger partial charge in [0.2, 0.25) is 15.9 Å². The van der Waals surface area contributed by atoms with Gasteiger partial charge in [-0.15, -0.1) is 0 Å². The third-order valence-corrected chi connectivity index (χ3v) is 6.40. The minimum atomic E-state index is -3.73. The Bertz CT molecular complexity index is 1010. The van der Waals surface area contributed by atoms with E-state index < -0.39 is 10.0 Å². The molecule has 0 unspecified atom stereocenters. The number of nitrogens with one attached hydrogen (secondary N) is 1. The van der Waals surface area contributed by atoms with E-state index in [1.807, 2.05) is 6.07 Å². The summed E-state index contributed by atoms with van der Waals surface area (Å²) in [6.45, 7) is 0.103. The Morgan fingerprint density at radius 2 is 2.00 bits per heavy atom. The van der Waals surface area contributed by atoms with Crippen molar-refractivity contribution in [2.45, 2.75) is 43.2 Å². The molecule has 3 aromatic rings. The zero-order valence-corrected chi connectivity index (χ0v) is 15.6. The molecule has 0 spiro atoms. The predicted octanol–water partition coefficient (Wildman–Crippen LogP) is 2.89. The maximum absolute atomic E-state index is 12.7. The van der Waals surface area contributed by atoms with E-state index in [2.05, 4.69) is 18.5 Å². The molecule has 0 atom stereocenters. The van der Waals surface area contributed by atoms with Gasteiger partial charge in [-0.3, -0.25) is 0 Å². The number of fused-ring (bicyclic) bond motifs is 1. The molecule has 1 N–H and O–H groups in total. The molecular weight excluding hydrogens is 372 g/mol. The summed E-state index contributed by atoms with van der Waals surface area (Å²) in [5.74, 6) is 0.496. The van der Waals surface area contributed by atoms with E-state index >= 15 is 0 Å². The number of benzene rings is 1. The van der Waals surface area contributed by atoms with Gasteiger partial charge in [-0.05, 0) is 43.9 Å². The summed E-state index contributed by atoms with van der Waals surface area (Å²) in [4.78, 5) is 4.41. The number of rotatable bonds is 6.